The summed E-state index contributed by atoms with van der Waals surface area (Å²) in [7, 11) is 1.93. The first-order chi connectivity index (χ1) is 9.54. The summed E-state index contributed by atoms with van der Waals surface area (Å²) in [5, 5.41) is 17.7. The molecule has 20 heavy (non-hydrogen) atoms. The van der Waals surface area contributed by atoms with E-state index in [4.69, 9.17) is 0 Å². The third-order valence-corrected chi connectivity index (χ3v) is 4.16. The number of likely N-dealkylation sites (tertiary alicyclic amines) is 1. The first kappa shape index (κ1) is 15.5. The number of hydrogen-bond acceptors (Lipinski definition) is 4. The van der Waals surface area contributed by atoms with Crippen molar-refractivity contribution in [2.75, 3.05) is 26.2 Å². The van der Waals surface area contributed by atoms with Crippen molar-refractivity contribution < 1.29 is 5.11 Å². The van der Waals surface area contributed by atoms with Crippen LogP contribution in [0.15, 0.2) is 6.20 Å². The number of nitrogens with one attached hydrogen (secondary N) is 1. The minimum Gasteiger partial charge on any atom is -0.390 e. The Morgan fingerprint density at radius 2 is 2.15 bits per heavy atom. The fraction of sp³-hybridized carbons (Fsp3) is 0.800. The fourth-order valence-corrected chi connectivity index (χ4v) is 2.80. The van der Waals surface area contributed by atoms with Crippen LogP contribution in [-0.4, -0.2) is 52.1 Å². The molecule has 114 valence electrons. The summed E-state index contributed by atoms with van der Waals surface area (Å²) >= 11 is 0. The summed E-state index contributed by atoms with van der Waals surface area (Å²) in [4.78, 5) is 2.38. The average molecular weight is 280 g/mol. The zero-order valence-corrected chi connectivity index (χ0v) is 13.0. The SMILES string of the molecule is Cc1nn(C)cc1CNCC(O)CN1CCC(C)CC1. The molecule has 0 amide bonds. The number of aromatic nitrogens is 2. The molecule has 1 aromatic heterocycles. The van der Waals surface area contributed by atoms with Gasteiger partial charge in [0.05, 0.1) is 11.8 Å². The smallest absolute Gasteiger partial charge is 0.0791 e. The van der Waals surface area contributed by atoms with Gasteiger partial charge in [-0.05, 0) is 38.8 Å². The molecule has 2 heterocycles. The van der Waals surface area contributed by atoms with E-state index in [9.17, 15) is 5.11 Å². The molecule has 0 saturated carbocycles. The van der Waals surface area contributed by atoms with Gasteiger partial charge < -0.3 is 15.3 Å². The summed E-state index contributed by atoms with van der Waals surface area (Å²) in [5.74, 6) is 0.843. The molecule has 1 aliphatic heterocycles. The highest BCUT2D eigenvalue weighted by Gasteiger charge is 2.18. The van der Waals surface area contributed by atoms with Gasteiger partial charge >= 0.3 is 0 Å². The molecule has 0 radical (unpaired) electrons. The summed E-state index contributed by atoms with van der Waals surface area (Å²) in [6, 6.07) is 0. The first-order valence-corrected chi connectivity index (χ1v) is 7.65. The Hall–Kier alpha value is -0.910. The van der Waals surface area contributed by atoms with E-state index < -0.39 is 0 Å². The number of nitrogens with zero attached hydrogens (tertiary/aromatic N) is 3. The highest BCUT2D eigenvalue weighted by molar-refractivity contribution is 5.14. The van der Waals surface area contributed by atoms with Gasteiger partial charge in [-0.3, -0.25) is 4.68 Å². The molecule has 1 fully saturated rings. The molecule has 2 N–H and O–H groups in total. The second-order valence-electron chi connectivity index (χ2n) is 6.18. The topological polar surface area (TPSA) is 53.3 Å². The van der Waals surface area contributed by atoms with Crippen LogP contribution in [0.5, 0.6) is 0 Å². The zero-order valence-electron chi connectivity index (χ0n) is 13.0. The molecule has 1 atom stereocenters. The lowest BCUT2D eigenvalue weighted by Crippen LogP contribution is -2.41. The van der Waals surface area contributed by atoms with Crippen LogP contribution < -0.4 is 5.32 Å². The lowest BCUT2D eigenvalue weighted by molar-refractivity contribution is 0.0906. The van der Waals surface area contributed by atoms with Crippen molar-refractivity contribution in [2.24, 2.45) is 13.0 Å². The molecular formula is C15H28N4O. The number of aliphatic hydroxyl groups is 1. The van der Waals surface area contributed by atoms with Gasteiger partial charge in [0.15, 0.2) is 0 Å². The largest absolute Gasteiger partial charge is 0.390 e. The molecule has 1 saturated heterocycles. The molecule has 2 rings (SSSR count). The number of aryl methyl sites for hydroxylation is 2. The monoisotopic (exact) mass is 280 g/mol. The van der Waals surface area contributed by atoms with Gasteiger partial charge in [0.2, 0.25) is 0 Å². The van der Waals surface area contributed by atoms with E-state index in [0.717, 1.165) is 37.8 Å². The third-order valence-electron chi connectivity index (χ3n) is 4.16. The molecule has 1 aromatic rings. The van der Waals surface area contributed by atoms with Crippen molar-refractivity contribution in [2.45, 2.75) is 39.3 Å². The second-order valence-corrected chi connectivity index (χ2v) is 6.18. The van der Waals surface area contributed by atoms with Gasteiger partial charge in [0.1, 0.15) is 0 Å². The summed E-state index contributed by atoms with van der Waals surface area (Å²) < 4.78 is 1.83. The van der Waals surface area contributed by atoms with Crippen molar-refractivity contribution in [3.05, 3.63) is 17.5 Å². The predicted octanol–water partition coefficient (Wildman–Crippen LogP) is 0.911. The fourth-order valence-electron chi connectivity index (χ4n) is 2.80. The maximum Gasteiger partial charge on any atom is 0.0791 e. The van der Waals surface area contributed by atoms with Crippen LogP contribution in [0.3, 0.4) is 0 Å². The molecule has 0 spiro atoms. The van der Waals surface area contributed by atoms with Gasteiger partial charge in [-0.15, -0.1) is 0 Å². The second kappa shape index (κ2) is 7.20. The van der Waals surface area contributed by atoms with Gasteiger partial charge in [-0.1, -0.05) is 6.92 Å². The van der Waals surface area contributed by atoms with Crippen LogP contribution in [0.2, 0.25) is 0 Å². The lowest BCUT2D eigenvalue weighted by Gasteiger charge is -2.31. The maximum absolute atomic E-state index is 10.1. The van der Waals surface area contributed by atoms with E-state index in [1.165, 1.54) is 18.4 Å². The van der Waals surface area contributed by atoms with Crippen LogP contribution in [0.4, 0.5) is 0 Å². The minimum atomic E-state index is -0.291. The van der Waals surface area contributed by atoms with Crippen LogP contribution in [0.1, 0.15) is 31.0 Å². The molecule has 0 aliphatic carbocycles. The minimum absolute atomic E-state index is 0.291. The Morgan fingerprint density at radius 1 is 1.45 bits per heavy atom. The Balaban J connectivity index is 1.65. The summed E-state index contributed by atoms with van der Waals surface area (Å²) in [5.41, 5.74) is 2.26. The van der Waals surface area contributed by atoms with Gasteiger partial charge in [0, 0.05) is 38.4 Å². The van der Waals surface area contributed by atoms with Crippen LogP contribution in [0.25, 0.3) is 0 Å². The van der Waals surface area contributed by atoms with Gasteiger partial charge in [-0.25, -0.2) is 0 Å². The first-order valence-electron chi connectivity index (χ1n) is 7.65. The molecule has 0 bridgehead atoms. The highest BCUT2D eigenvalue weighted by atomic mass is 16.3. The summed E-state index contributed by atoms with van der Waals surface area (Å²) in [6.45, 7) is 8.77. The Bertz CT molecular complexity index is 410. The van der Waals surface area contributed by atoms with Crippen LogP contribution in [-0.2, 0) is 13.6 Å². The standard InChI is InChI=1S/C15H28N4O/c1-12-4-6-19(7-5-12)11-15(20)9-16-8-14-10-18(3)17-13(14)2/h10,12,15-16,20H,4-9,11H2,1-3H3. The molecule has 5 nitrogen and oxygen atoms in total. The number of hydrogen-bond donors (Lipinski definition) is 2. The maximum atomic E-state index is 10.1. The number of β-amino-alcohol motifs (C(OH)–C–C–N with tert-alkyl or cyclic N) is 1. The Morgan fingerprint density at radius 3 is 2.75 bits per heavy atom. The normalized spacial score (nSPS) is 19.4. The van der Waals surface area contributed by atoms with E-state index in [1.54, 1.807) is 0 Å². The molecule has 5 heteroatoms. The van der Waals surface area contributed by atoms with E-state index in [0.29, 0.717) is 6.54 Å². The van der Waals surface area contributed by atoms with Crippen molar-refractivity contribution in [3.63, 3.8) is 0 Å². The van der Waals surface area contributed by atoms with Crippen LogP contribution in [0, 0.1) is 12.8 Å². The summed E-state index contributed by atoms with van der Waals surface area (Å²) in [6.07, 6.45) is 4.26. The Labute approximate surface area is 122 Å². The van der Waals surface area contributed by atoms with Crippen molar-refractivity contribution in [1.29, 1.82) is 0 Å². The van der Waals surface area contributed by atoms with Crippen molar-refractivity contribution >= 4 is 0 Å². The number of aliphatic hydroxyl groups excluding tert-OH is 1. The van der Waals surface area contributed by atoms with Crippen molar-refractivity contribution in [1.82, 2.24) is 20.0 Å². The number of rotatable bonds is 6. The molecular weight excluding hydrogens is 252 g/mol. The highest BCUT2D eigenvalue weighted by Crippen LogP contribution is 2.15. The third kappa shape index (κ3) is 4.58. The lowest BCUT2D eigenvalue weighted by atomic mass is 9.99. The number of piperidine rings is 1. The molecule has 1 aliphatic rings. The quantitative estimate of drug-likeness (QED) is 0.813. The van der Waals surface area contributed by atoms with Crippen molar-refractivity contribution in [3.8, 4) is 0 Å². The predicted molar refractivity (Wildman–Crippen MR) is 80.5 cm³/mol. The van der Waals surface area contributed by atoms with Gasteiger partial charge in [-0.2, -0.15) is 5.10 Å². The molecule has 0 aromatic carbocycles. The van der Waals surface area contributed by atoms with E-state index >= 15 is 0 Å². The zero-order chi connectivity index (χ0) is 14.5. The van der Waals surface area contributed by atoms with E-state index in [-0.39, 0.29) is 6.10 Å². The van der Waals surface area contributed by atoms with E-state index in [1.807, 2.05) is 24.9 Å². The van der Waals surface area contributed by atoms with E-state index in [2.05, 4.69) is 22.2 Å². The van der Waals surface area contributed by atoms with Gasteiger partial charge in [0.25, 0.3) is 0 Å². The average Bonchev–Trinajstić information content (AvgIpc) is 2.71. The Kier molecular flexibility index (Phi) is 5.57. The molecule has 1 unspecified atom stereocenters. The van der Waals surface area contributed by atoms with Crippen LogP contribution >= 0.6 is 0 Å².